The summed E-state index contributed by atoms with van der Waals surface area (Å²) >= 11 is 0. The van der Waals surface area contributed by atoms with Gasteiger partial charge in [0, 0.05) is 12.8 Å². The predicted octanol–water partition coefficient (Wildman–Crippen LogP) is 9.11. The number of hydrogen-bond donors (Lipinski definition) is 1. The minimum absolute atomic E-state index is 0.0944. The number of aliphatic hydroxyl groups excluding tert-OH is 1. The van der Waals surface area contributed by atoms with Crippen LogP contribution in [0.25, 0.3) is 0 Å². The lowest BCUT2D eigenvalue weighted by atomic mass is 10.1. The van der Waals surface area contributed by atoms with Crippen LogP contribution in [0.1, 0.15) is 136 Å². The Bertz CT molecular complexity index is 677. The fourth-order valence-corrected chi connectivity index (χ4v) is 3.96. The van der Waals surface area contributed by atoms with Crippen LogP contribution in [-0.4, -0.2) is 36.4 Å². The van der Waals surface area contributed by atoms with Gasteiger partial charge in [0.2, 0.25) is 0 Å². The molecule has 5 nitrogen and oxygen atoms in total. The molecule has 0 aliphatic rings. The number of rotatable bonds is 27. The average Bonchev–Trinajstić information content (AvgIpc) is 2.94. The van der Waals surface area contributed by atoms with Crippen LogP contribution in [-0.2, 0) is 19.1 Å². The highest BCUT2D eigenvalue weighted by atomic mass is 16.6. The number of hydrogen-bond acceptors (Lipinski definition) is 5. The fourth-order valence-electron chi connectivity index (χ4n) is 3.96. The molecule has 0 saturated heterocycles. The molecule has 0 rings (SSSR count). The summed E-state index contributed by atoms with van der Waals surface area (Å²) in [6.07, 6.45) is 36.0. The van der Waals surface area contributed by atoms with Gasteiger partial charge in [0.15, 0.2) is 6.10 Å². The Hall–Kier alpha value is -2.14. The molecule has 5 heteroatoms. The number of unbranched alkanes of at least 4 members (excludes halogenated alkanes) is 11. The standard InChI is InChI=1S/C34H58O5/c1-3-5-7-9-11-13-14-15-16-17-18-19-20-21-23-24-26-28-33(36)38-31-32(30-35)39-34(37)29-27-25-22-12-10-8-6-4-2/h11,13,15-16,18-19,21,23,32,35H,3-10,12,14,17,20,22,24-31H2,1-2H3/b13-11+,16-15+,19-18+,23-21+/t32-/m0/s1. The summed E-state index contributed by atoms with van der Waals surface area (Å²) in [5.41, 5.74) is 0. The zero-order valence-electron chi connectivity index (χ0n) is 25.1. The van der Waals surface area contributed by atoms with Crippen molar-refractivity contribution in [2.45, 2.75) is 142 Å². The van der Waals surface area contributed by atoms with E-state index in [9.17, 15) is 14.7 Å². The minimum Gasteiger partial charge on any atom is -0.462 e. The van der Waals surface area contributed by atoms with E-state index in [1.807, 2.05) is 0 Å². The zero-order valence-corrected chi connectivity index (χ0v) is 25.1. The second kappa shape index (κ2) is 30.4. The molecule has 0 radical (unpaired) electrons. The van der Waals surface area contributed by atoms with E-state index in [4.69, 9.17) is 9.47 Å². The molecule has 0 bridgehead atoms. The van der Waals surface area contributed by atoms with Crippen molar-refractivity contribution < 1.29 is 24.2 Å². The van der Waals surface area contributed by atoms with Gasteiger partial charge in [-0.1, -0.05) is 120 Å². The molecule has 0 fully saturated rings. The van der Waals surface area contributed by atoms with E-state index in [1.54, 1.807) is 0 Å². The van der Waals surface area contributed by atoms with Crippen LogP contribution in [0.15, 0.2) is 48.6 Å². The van der Waals surface area contributed by atoms with Crippen molar-refractivity contribution >= 4 is 11.9 Å². The first-order valence-corrected chi connectivity index (χ1v) is 15.7. The Morgan fingerprint density at radius 3 is 1.62 bits per heavy atom. The first-order chi connectivity index (χ1) is 19.1. The van der Waals surface area contributed by atoms with Gasteiger partial charge in [-0.05, 0) is 51.4 Å². The molecular weight excluding hydrogens is 488 g/mol. The predicted molar refractivity (Wildman–Crippen MR) is 164 cm³/mol. The summed E-state index contributed by atoms with van der Waals surface area (Å²) < 4.78 is 10.4. The maximum Gasteiger partial charge on any atom is 0.306 e. The second-order valence-electron chi connectivity index (χ2n) is 10.2. The van der Waals surface area contributed by atoms with Crippen molar-refractivity contribution in [1.29, 1.82) is 0 Å². The van der Waals surface area contributed by atoms with Gasteiger partial charge in [0.05, 0.1) is 6.61 Å². The van der Waals surface area contributed by atoms with E-state index in [0.717, 1.165) is 44.9 Å². The van der Waals surface area contributed by atoms with Crippen molar-refractivity contribution in [1.82, 2.24) is 0 Å². The second-order valence-corrected chi connectivity index (χ2v) is 10.2. The van der Waals surface area contributed by atoms with Crippen LogP contribution in [0.3, 0.4) is 0 Å². The molecular formula is C34H58O5. The van der Waals surface area contributed by atoms with E-state index in [2.05, 4.69) is 62.5 Å². The molecule has 224 valence electrons. The molecule has 0 aromatic carbocycles. The first-order valence-electron chi connectivity index (χ1n) is 15.7. The maximum absolute atomic E-state index is 12.0. The lowest BCUT2D eigenvalue weighted by molar-refractivity contribution is -0.161. The molecule has 0 aromatic heterocycles. The van der Waals surface area contributed by atoms with Crippen LogP contribution in [0.2, 0.25) is 0 Å². The van der Waals surface area contributed by atoms with Gasteiger partial charge in [0.25, 0.3) is 0 Å². The summed E-state index contributed by atoms with van der Waals surface area (Å²) in [5, 5.41) is 9.44. The summed E-state index contributed by atoms with van der Waals surface area (Å²) in [4.78, 5) is 23.9. The van der Waals surface area contributed by atoms with Crippen LogP contribution in [0, 0.1) is 0 Å². The fraction of sp³-hybridized carbons (Fsp3) is 0.706. The van der Waals surface area contributed by atoms with Crippen molar-refractivity contribution in [3.8, 4) is 0 Å². The van der Waals surface area contributed by atoms with Gasteiger partial charge >= 0.3 is 11.9 Å². The van der Waals surface area contributed by atoms with Gasteiger partial charge in [-0.2, -0.15) is 0 Å². The number of carbonyl (C=O) groups excluding carboxylic acids is 2. The molecule has 0 amide bonds. The minimum atomic E-state index is -0.788. The third kappa shape index (κ3) is 28.7. The van der Waals surface area contributed by atoms with Crippen molar-refractivity contribution in [3.05, 3.63) is 48.6 Å². The summed E-state index contributed by atoms with van der Waals surface area (Å²) in [6.45, 7) is 4.00. The molecule has 0 aliphatic carbocycles. The molecule has 0 aromatic rings. The lowest BCUT2D eigenvalue weighted by Gasteiger charge is -2.15. The molecule has 0 unspecified atom stereocenters. The Morgan fingerprint density at radius 2 is 1.05 bits per heavy atom. The average molecular weight is 547 g/mol. The van der Waals surface area contributed by atoms with Crippen molar-refractivity contribution in [3.63, 3.8) is 0 Å². The smallest absolute Gasteiger partial charge is 0.306 e. The largest absolute Gasteiger partial charge is 0.462 e. The number of esters is 2. The lowest BCUT2D eigenvalue weighted by Crippen LogP contribution is -2.28. The van der Waals surface area contributed by atoms with E-state index in [1.165, 1.54) is 57.8 Å². The van der Waals surface area contributed by atoms with E-state index >= 15 is 0 Å². The van der Waals surface area contributed by atoms with Crippen LogP contribution in [0.5, 0.6) is 0 Å². The highest BCUT2D eigenvalue weighted by molar-refractivity contribution is 5.70. The third-order valence-electron chi connectivity index (χ3n) is 6.38. The number of allylic oxidation sites excluding steroid dienone is 8. The molecule has 1 N–H and O–H groups in total. The monoisotopic (exact) mass is 546 g/mol. The Balaban J connectivity index is 3.73. The molecule has 1 atom stereocenters. The van der Waals surface area contributed by atoms with Gasteiger partial charge < -0.3 is 14.6 Å². The summed E-state index contributed by atoms with van der Waals surface area (Å²) in [6, 6.07) is 0. The number of carbonyl (C=O) groups is 2. The highest BCUT2D eigenvalue weighted by Gasteiger charge is 2.15. The van der Waals surface area contributed by atoms with Gasteiger partial charge in [-0.25, -0.2) is 0 Å². The molecule has 0 aliphatic heterocycles. The van der Waals surface area contributed by atoms with E-state index in [0.29, 0.717) is 19.3 Å². The Labute approximate surface area is 239 Å². The van der Waals surface area contributed by atoms with Crippen LogP contribution >= 0.6 is 0 Å². The molecule has 0 spiro atoms. The first kappa shape index (κ1) is 36.9. The van der Waals surface area contributed by atoms with Crippen molar-refractivity contribution in [2.75, 3.05) is 13.2 Å². The van der Waals surface area contributed by atoms with Crippen molar-refractivity contribution in [2.24, 2.45) is 0 Å². The molecule has 0 saturated carbocycles. The zero-order chi connectivity index (χ0) is 28.7. The highest BCUT2D eigenvalue weighted by Crippen LogP contribution is 2.11. The SMILES string of the molecule is CCCCC/C=C/C/C=C/C/C=C/C/C=C/CCCC(=O)OC[C@H](CO)OC(=O)CCCCCCCCCC. The van der Waals surface area contributed by atoms with E-state index in [-0.39, 0.29) is 25.2 Å². The van der Waals surface area contributed by atoms with Gasteiger partial charge in [-0.3, -0.25) is 9.59 Å². The van der Waals surface area contributed by atoms with Crippen LogP contribution < -0.4 is 0 Å². The van der Waals surface area contributed by atoms with Crippen LogP contribution in [0.4, 0.5) is 0 Å². The molecule has 0 heterocycles. The molecule has 39 heavy (non-hydrogen) atoms. The number of aliphatic hydroxyl groups is 1. The number of ether oxygens (including phenoxy) is 2. The van der Waals surface area contributed by atoms with E-state index < -0.39 is 6.10 Å². The normalized spacial score (nSPS) is 12.8. The Kier molecular flexibility index (Phi) is 28.7. The quantitative estimate of drug-likeness (QED) is 0.0632. The Morgan fingerprint density at radius 1 is 0.590 bits per heavy atom. The summed E-state index contributed by atoms with van der Waals surface area (Å²) in [7, 11) is 0. The summed E-state index contributed by atoms with van der Waals surface area (Å²) in [5.74, 6) is -0.667. The maximum atomic E-state index is 12.0. The topological polar surface area (TPSA) is 72.8 Å². The van der Waals surface area contributed by atoms with Gasteiger partial charge in [0.1, 0.15) is 6.61 Å². The van der Waals surface area contributed by atoms with Gasteiger partial charge in [-0.15, -0.1) is 0 Å². The third-order valence-corrected chi connectivity index (χ3v) is 6.38.